The molecule has 0 amide bonds. The van der Waals surface area contributed by atoms with Crippen LogP contribution in [-0.2, 0) is 0 Å². The summed E-state index contributed by atoms with van der Waals surface area (Å²) in [6, 6.07) is 10.2. The van der Waals surface area contributed by atoms with Gasteiger partial charge in [0, 0.05) is 28.8 Å². The molecule has 2 rings (SSSR count). The summed E-state index contributed by atoms with van der Waals surface area (Å²) in [5.74, 6) is 0.949. The van der Waals surface area contributed by atoms with Crippen molar-refractivity contribution in [3.63, 3.8) is 0 Å². The van der Waals surface area contributed by atoms with Crippen molar-refractivity contribution in [3.05, 3.63) is 36.5 Å². The van der Waals surface area contributed by atoms with Crippen LogP contribution in [0.3, 0.4) is 0 Å². The maximum absolute atomic E-state index is 8.73. The predicted octanol–water partition coefficient (Wildman–Crippen LogP) is 2.71. The van der Waals surface area contributed by atoms with Crippen molar-refractivity contribution in [2.24, 2.45) is 0 Å². The summed E-state index contributed by atoms with van der Waals surface area (Å²) in [4.78, 5) is 5.55. The fourth-order valence-corrected chi connectivity index (χ4v) is 2.42. The standard InChI is InChI=1S/C12H13NOS/c14-8-3-9-15-12-6-7-13-11-5-2-1-4-10(11)12/h1-2,4-7,14H,3,8-9H2. The lowest BCUT2D eigenvalue weighted by Gasteiger charge is -2.04. The molecule has 0 aliphatic carbocycles. The summed E-state index contributed by atoms with van der Waals surface area (Å²) in [7, 11) is 0. The number of aliphatic hydroxyl groups is 1. The Morgan fingerprint density at radius 3 is 2.93 bits per heavy atom. The summed E-state index contributed by atoms with van der Waals surface area (Å²) in [6.07, 6.45) is 2.67. The van der Waals surface area contributed by atoms with E-state index in [1.165, 1.54) is 10.3 Å². The van der Waals surface area contributed by atoms with E-state index in [0.717, 1.165) is 17.7 Å². The minimum atomic E-state index is 0.260. The molecule has 1 heterocycles. The maximum Gasteiger partial charge on any atom is 0.0713 e. The lowest BCUT2D eigenvalue weighted by molar-refractivity contribution is 0.296. The average molecular weight is 219 g/mol. The van der Waals surface area contributed by atoms with E-state index in [4.69, 9.17) is 5.11 Å². The summed E-state index contributed by atoms with van der Waals surface area (Å²) < 4.78 is 0. The number of benzene rings is 1. The summed E-state index contributed by atoms with van der Waals surface area (Å²) >= 11 is 1.77. The molecule has 1 aromatic heterocycles. The Labute approximate surface area is 93.3 Å². The van der Waals surface area contributed by atoms with Crippen molar-refractivity contribution in [2.75, 3.05) is 12.4 Å². The van der Waals surface area contributed by atoms with E-state index in [1.807, 2.05) is 30.5 Å². The highest BCUT2D eigenvalue weighted by molar-refractivity contribution is 7.99. The number of hydrogen-bond acceptors (Lipinski definition) is 3. The second-order valence-electron chi connectivity index (χ2n) is 3.25. The molecule has 2 aromatic rings. The highest BCUT2D eigenvalue weighted by atomic mass is 32.2. The molecule has 78 valence electrons. The number of thioether (sulfide) groups is 1. The van der Waals surface area contributed by atoms with Crippen molar-refractivity contribution in [3.8, 4) is 0 Å². The molecule has 0 saturated carbocycles. The van der Waals surface area contributed by atoms with Gasteiger partial charge in [-0.15, -0.1) is 11.8 Å². The van der Waals surface area contributed by atoms with Crippen LogP contribution in [0, 0.1) is 0 Å². The van der Waals surface area contributed by atoms with E-state index in [1.54, 1.807) is 11.8 Å². The predicted molar refractivity (Wildman–Crippen MR) is 64.2 cm³/mol. The zero-order valence-corrected chi connectivity index (χ0v) is 9.20. The van der Waals surface area contributed by atoms with Gasteiger partial charge < -0.3 is 5.11 Å². The SMILES string of the molecule is OCCCSc1ccnc2ccccc12. The number of fused-ring (bicyclic) bond motifs is 1. The van der Waals surface area contributed by atoms with E-state index in [2.05, 4.69) is 11.1 Å². The highest BCUT2D eigenvalue weighted by Crippen LogP contribution is 2.26. The summed E-state index contributed by atoms with van der Waals surface area (Å²) in [5.41, 5.74) is 1.03. The molecule has 0 radical (unpaired) electrons. The van der Waals surface area contributed by atoms with E-state index in [-0.39, 0.29) is 6.61 Å². The van der Waals surface area contributed by atoms with Crippen LogP contribution >= 0.6 is 11.8 Å². The molecule has 1 N–H and O–H groups in total. The second kappa shape index (κ2) is 5.14. The molecule has 0 bridgehead atoms. The molecule has 0 unspecified atom stereocenters. The molecular weight excluding hydrogens is 206 g/mol. The largest absolute Gasteiger partial charge is 0.396 e. The van der Waals surface area contributed by atoms with E-state index >= 15 is 0 Å². The molecular formula is C12H13NOS. The van der Waals surface area contributed by atoms with Gasteiger partial charge in [-0.05, 0) is 18.6 Å². The van der Waals surface area contributed by atoms with Gasteiger partial charge >= 0.3 is 0 Å². The fraction of sp³-hybridized carbons (Fsp3) is 0.250. The van der Waals surface area contributed by atoms with Gasteiger partial charge in [0.05, 0.1) is 5.52 Å². The molecule has 0 spiro atoms. The summed E-state index contributed by atoms with van der Waals surface area (Å²) in [5, 5.41) is 9.93. The third kappa shape index (κ3) is 2.49. The van der Waals surface area contributed by atoms with Gasteiger partial charge in [0.1, 0.15) is 0 Å². The molecule has 1 aromatic carbocycles. The number of hydrogen-bond donors (Lipinski definition) is 1. The molecule has 0 saturated heterocycles. The average Bonchev–Trinajstić information content (AvgIpc) is 2.30. The van der Waals surface area contributed by atoms with Gasteiger partial charge in [0.15, 0.2) is 0 Å². The van der Waals surface area contributed by atoms with Gasteiger partial charge in [-0.3, -0.25) is 4.98 Å². The summed E-state index contributed by atoms with van der Waals surface area (Å²) in [6.45, 7) is 0.260. The zero-order chi connectivity index (χ0) is 10.5. The smallest absolute Gasteiger partial charge is 0.0713 e. The maximum atomic E-state index is 8.73. The third-order valence-corrected chi connectivity index (χ3v) is 3.33. The highest BCUT2D eigenvalue weighted by Gasteiger charge is 2.00. The van der Waals surface area contributed by atoms with E-state index < -0.39 is 0 Å². The number of para-hydroxylation sites is 1. The first-order chi connectivity index (χ1) is 7.42. The first-order valence-electron chi connectivity index (χ1n) is 4.99. The van der Waals surface area contributed by atoms with Crippen LogP contribution in [0.5, 0.6) is 0 Å². The van der Waals surface area contributed by atoms with Gasteiger partial charge in [-0.2, -0.15) is 0 Å². The van der Waals surface area contributed by atoms with Crippen LogP contribution in [0.4, 0.5) is 0 Å². The van der Waals surface area contributed by atoms with Crippen LogP contribution < -0.4 is 0 Å². The first-order valence-corrected chi connectivity index (χ1v) is 5.98. The normalized spacial score (nSPS) is 10.7. The van der Waals surface area contributed by atoms with Crippen LogP contribution in [0.2, 0.25) is 0 Å². The number of nitrogens with zero attached hydrogens (tertiary/aromatic N) is 1. The van der Waals surface area contributed by atoms with Gasteiger partial charge in [0.25, 0.3) is 0 Å². The van der Waals surface area contributed by atoms with Crippen LogP contribution in [0.25, 0.3) is 10.9 Å². The first kappa shape index (κ1) is 10.5. The molecule has 3 heteroatoms. The van der Waals surface area contributed by atoms with E-state index in [0.29, 0.717) is 0 Å². The molecule has 0 aliphatic heterocycles. The lowest BCUT2D eigenvalue weighted by atomic mass is 10.2. The van der Waals surface area contributed by atoms with Crippen molar-refractivity contribution in [1.29, 1.82) is 0 Å². The topological polar surface area (TPSA) is 33.1 Å². The number of rotatable bonds is 4. The monoisotopic (exact) mass is 219 g/mol. The molecule has 0 aliphatic rings. The Kier molecular flexibility index (Phi) is 3.59. The van der Waals surface area contributed by atoms with Crippen molar-refractivity contribution >= 4 is 22.7 Å². The van der Waals surface area contributed by atoms with Crippen molar-refractivity contribution in [2.45, 2.75) is 11.3 Å². The number of aliphatic hydroxyl groups excluding tert-OH is 1. The van der Waals surface area contributed by atoms with Crippen LogP contribution in [0.1, 0.15) is 6.42 Å². The zero-order valence-electron chi connectivity index (χ0n) is 8.39. The van der Waals surface area contributed by atoms with Crippen molar-refractivity contribution in [1.82, 2.24) is 4.98 Å². The third-order valence-electron chi connectivity index (χ3n) is 2.17. The minimum absolute atomic E-state index is 0.260. The molecule has 2 nitrogen and oxygen atoms in total. The number of pyridine rings is 1. The number of aromatic nitrogens is 1. The van der Waals surface area contributed by atoms with Gasteiger partial charge in [0.2, 0.25) is 0 Å². The Morgan fingerprint density at radius 1 is 1.20 bits per heavy atom. The second-order valence-corrected chi connectivity index (χ2v) is 4.39. The van der Waals surface area contributed by atoms with Crippen molar-refractivity contribution < 1.29 is 5.11 Å². The Bertz CT molecular complexity index is 439. The Balaban J connectivity index is 2.26. The van der Waals surface area contributed by atoms with Gasteiger partial charge in [-0.1, -0.05) is 18.2 Å². The van der Waals surface area contributed by atoms with Crippen LogP contribution in [-0.4, -0.2) is 22.5 Å². The fourth-order valence-electron chi connectivity index (χ4n) is 1.44. The molecule has 15 heavy (non-hydrogen) atoms. The Morgan fingerprint density at radius 2 is 2.07 bits per heavy atom. The van der Waals surface area contributed by atoms with Gasteiger partial charge in [-0.25, -0.2) is 0 Å². The van der Waals surface area contributed by atoms with E-state index in [9.17, 15) is 0 Å². The quantitative estimate of drug-likeness (QED) is 0.634. The molecule has 0 fully saturated rings. The van der Waals surface area contributed by atoms with Crippen LogP contribution in [0.15, 0.2) is 41.4 Å². The Hall–Kier alpha value is -1.06. The molecule has 0 atom stereocenters. The minimum Gasteiger partial charge on any atom is -0.396 e. The lowest BCUT2D eigenvalue weighted by Crippen LogP contribution is -1.87.